The van der Waals surface area contributed by atoms with Gasteiger partial charge in [-0.15, -0.1) is 0 Å². The van der Waals surface area contributed by atoms with Crippen LogP contribution in [0.25, 0.3) is 0 Å². The molecule has 1 aromatic carbocycles. The third-order valence-electron chi connectivity index (χ3n) is 3.68. The van der Waals surface area contributed by atoms with Crippen molar-refractivity contribution >= 4 is 15.9 Å². The molecule has 0 fully saturated rings. The Morgan fingerprint density at radius 1 is 1.10 bits per heavy atom. The summed E-state index contributed by atoms with van der Waals surface area (Å²) in [6, 6.07) is 3.97. The average molecular weight is 359 g/mol. The molecule has 0 bridgehead atoms. The molecule has 0 amide bonds. The largest absolute Gasteiger partial charge is 0.493 e. The van der Waals surface area contributed by atoms with E-state index in [0.29, 0.717) is 18.3 Å². The monoisotopic (exact) mass is 358 g/mol. The Hall–Kier alpha value is -0.900. The number of unbranched alkanes of at least 4 members (excludes halogenated alkanes) is 1. The first-order valence-electron chi connectivity index (χ1n) is 7.63. The molecule has 0 saturated carbocycles. The second kappa shape index (κ2) is 9.93. The Labute approximate surface area is 137 Å². The molecular weight excluding hydrogens is 332 g/mol. The van der Waals surface area contributed by atoms with Gasteiger partial charge < -0.3 is 14.2 Å². The fourth-order valence-corrected chi connectivity index (χ4v) is 2.58. The van der Waals surface area contributed by atoms with Gasteiger partial charge in [-0.2, -0.15) is 0 Å². The van der Waals surface area contributed by atoms with Gasteiger partial charge in [-0.3, -0.25) is 0 Å². The quantitative estimate of drug-likeness (QED) is 0.538. The first-order chi connectivity index (χ1) is 10.2. The predicted molar refractivity (Wildman–Crippen MR) is 91.0 cm³/mol. The maximum atomic E-state index is 6.03. The molecule has 1 rings (SSSR count). The minimum atomic E-state index is 0.579. The molecule has 1 unspecified atom stereocenters. The Balaban J connectivity index is 2.85. The lowest BCUT2D eigenvalue weighted by atomic mass is 10.0. The lowest BCUT2D eigenvalue weighted by Gasteiger charge is -2.19. The van der Waals surface area contributed by atoms with Crippen LogP contribution in [0.15, 0.2) is 12.1 Å². The molecule has 0 radical (unpaired) electrons. The highest BCUT2D eigenvalue weighted by Gasteiger charge is 2.16. The maximum Gasteiger partial charge on any atom is 0.203 e. The summed E-state index contributed by atoms with van der Waals surface area (Å²) in [7, 11) is 3.32. The highest BCUT2D eigenvalue weighted by molar-refractivity contribution is 9.08. The molecule has 0 heterocycles. The van der Waals surface area contributed by atoms with Crippen LogP contribution in [-0.2, 0) is 5.33 Å². The van der Waals surface area contributed by atoms with Gasteiger partial charge in [0.25, 0.3) is 0 Å². The van der Waals surface area contributed by atoms with Crippen LogP contribution in [0.1, 0.15) is 45.1 Å². The number of methoxy groups -OCH3 is 2. The van der Waals surface area contributed by atoms with Gasteiger partial charge in [0.05, 0.1) is 20.8 Å². The topological polar surface area (TPSA) is 27.7 Å². The smallest absolute Gasteiger partial charge is 0.203 e. The Morgan fingerprint density at radius 2 is 1.71 bits per heavy atom. The number of benzene rings is 1. The fourth-order valence-electron chi connectivity index (χ4n) is 2.25. The highest BCUT2D eigenvalue weighted by atomic mass is 79.9. The van der Waals surface area contributed by atoms with Crippen molar-refractivity contribution in [2.24, 2.45) is 5.92 Å². The van der Waals surface area contributed by atoms with Crippen LogP contribution in [0.2, 0.25) is 0 Å². The lowest BCUT2D eigenvalue weighted by molar-refractivity contribution is 0.215. The Morgan fingerprint density at radius 3 is 2.14 bits per heavy atom. The number of halogens is 1. The van der Waals surface area contributed by atoms with Crippen molar-refractivity contribution in [3.05, 3.63) is 17.7 Å². The molecule has 4 heteroatoms. The van der Waals surface area contributed by atoms with Crippen LogP contribution < -0.4 is 14.2 Å². The van der Waals surface area contributed by atoms with E-state index in [0.717, 1.165) is 28.8 Å². The summed E-state index contributed by atoms with van der Waals surface area (Å²) >= 11 is 3.46. The van der Waals surface area contributed by atoms with Crippen molar-refractivity contribution in [1.82, 2.24) is 0 Å². The molecule has 0 aliphatic heterocycles. The summed E-state index contributed by atoms with van der Waals surface area (Å²) < 4.78 is 16.9. The molecule has 0 aromatic heterocycles. The van der Waals surface area contributed by atoms with Crippen molar-refractivity contribution in [3.63, 3.8) is 0 Å². The van der Waals surface area contributed by atoms with Crippen LogP contribution in [0.3, 0.4) is 0 Å². The van der Waals surface area contributed by atoms with Gasteiger partial charge in [0, 0.05) is 5.33 Å². The Kier molecular flexibility index (Phi) is 8.58. The first-order valence-corrected chi connectivity index (χ1v) is 8.75. The normalized spacial score (nSPS) is 12.0. The van der Waals surface area contributed by atoms with Crippen molar-refractivity contribution in [1.29, 1.82) is 0 Å². The summed E-state index contributed by atoms with van der Waals surface area (Å²) in [4.78, 5) is 0. The van der Waals surface area contributed by atoms with Crippen LogP contribution in [0.5, 0.6) is 17.2 Å². The minimum Gasteiger partial charge on any atom is -0.493 e. The molecule has 0 spiro atoms. The Bertz CT molecular complexity index is 395. The zero-order valence-electron chi connectivity index (χ0n) is 13.6. The van der Waals surface area contributed by atoms with E-state index in [1.807, 2.05) is 12.1 Å². The van der Waals surface area contributed by atoms with Crippen molar-refractivity contribution in [3.8, 4) is 17.2 Å². The summed E-state index contributed by atoms with van der Waals surface area (Å²) in [5.74, 6) is 2.75. The van der Waals surface area contributed by atoms with E-state index < -0.39 is 0 Å². The fraction of sp³-hybridized carbons (Fsp3) is 0.647. The zero-order chi connectivity index (χ0) is 15.7. The van der Waals surface area contributed by atoms with E-state index in [9.17, 15) is 0 Å². The van der Waals surface area contributed by atoms with Crippen molar-refractivity contribution < 1.29 is 14.2 Å². The van der Waals surface area contributed by atoms with Gasteiger partial charge in [-0.05, 0) is 30.0 Å². The average Bonchev–Trinajstić information content (AvgIpc) is 2.54. The van der Waals surface area contributed by atoms with Gasteiger partial charge in [0.2, 0.25) is 5.75 Å². The summed E-state index contributed by atoms with van der Waals surface area (Å²) in [6.07, 6.45) is 4.81. The SMILES string of the molecule is CCCCC(CC)COc1c(OC)cc(CBr)cc1OC. The summed E-state index contributed by atoms with van der Waals surface area (Å²) in [5.41, 5.74) is 1.11. The predicted octanol–water partition coefficient (Wildman–Crippen LogP) is 5.19. The molecule has 0 saturated heterocycles. The standard InChI is InChI=1S/C17H27BrO3/c1-5-7-8-13(6-2)12-21-17-15(19-3)9-14(11-18)10-16(17)20-4/h9-10,13H,5-8,11-12H2,1-4H3. The molecule has 3 nitrogen and oxygen atoms in total. The summed E-state index contributed by atoms with van der Waals surface area (Å²) in [5, 5.41) is 0.758. The highest BCUT2D eigenvalue weighted by Crippen LogP contribution is 2.39. The molecular formula is C17H27BrO3. The van der Waals surface area contributed by atoms with Crippen LogP contribution in [0.4, 0.5) is 0 Å². The van der Waals surface area contributed by atoms with E-state index in [4.69, 9.17) is 14.2 Å². The van der Waals surface area contributed by atoms with Crippen LogP contribution in [0, 0.1) is 5.92 Å². The molecule has 0 aliphatic rings. The van der Waals surface area contributed by atoms with E-state index >= 15 is 0 Å². The minimum absolute atomic E-state index is 0.579. The number of alkyl halides is 1. The zero-order valence-corrected chi connectivity index (χ0v) is 15.2. The molecule has 0 aliphatic carbocycles. The van der Waals surface area contributed by atoms with Gasteiger partial charge in [0.15, 0.2) is 11.5 Å². The van der Waals surface area contributed by atoms with Gasteiger partial charge in [0.1, 0.15) is 0 Å². The second-order valence-electron chi connectivity index (χ2n) is 5.19. The molecule has 1 atom stereocenters. The lowest BCUT2D eigenvalue weighted by Crippen LogP contribution is -2.12. The molecule has 120 valence electrons. The van der Waals surface area contributed by atoms with Gasteiger partial charge >= 0.3 is 0 Å². The number of hydrogen-bond acceptors (Lipinski definition) is 3. The second-order valence-corrected chi connectivity index (χ2v) is 5.75. The number of hydrogen-bond donors (Lipinski definition) is 0. The summed E-state index contributed by atoms with van der Waals surface area (Å²) in [6.45, 7) is 5.14. The van der Waals surface area contributed by atoms with Crippen molar-refractivity contribution in [2.75, 3.05) is 20.8 Å². The van der Waals surface area contributed by atoms with E-state index in [1.165, 1.54) is 19.3 Å². The van der Waals surface area contributed by atoms with Crippen LogP contribution >= 0.6 is 15.9 Å². The van der Waals surface area contributed by atoms with E-state index in [-0.39, 0.29) is 0 Å². The molecule has 1 aromatic rings. The number of ether oxygens (including phenoxy) is 3. The van der Waals surface area contributed by atoms with Crippen LogP contribution in [-0.4, -0.2) is 20.8 Å². The maximum absolute atomic E-state index is 6.03. The first kappa shape index (κ1) is 18.1. The third-order valence-corrected chi connectivity index (χ3v) is 4.33. The van der Waals surface area contributed by atoms with Gasteiger partial charge in [-0.1, -0.05) is 49.0 Å². The molecule has 21 heavy (non-hydrogen) atoms. The van der Waals surface area contributed by atoms with E-state index in [2.05, 4.69) is 29.8 Å². The number of rotatable bonds is 10. The third kappa shape index (κ3) is 5.42. The molecule has 0 N–H and O–H groups in total. The van der Waals surface area contributed by atoms with Gasteiger partial charge in [-0.25, -0.2) is 0 Å². The van der Waals surface area contributed by atoms with Crippen molar-refractivity contribution in [2.45, 2.75) is 44.9 Å². The van der Waals surface area contributed by atoms with E-state index in [1.54, 1.807) is 14.2 Å².